The summed E-state index contributed by atoms with van der Waals surface area (Å²) in [5.41, 5.74) is 4.82. The molecule has 2 amide bonds. The van der Waals surface area contributed by atoms with Gasteiger partial charge in [-0.3, -0.25) is 9.59 Å². The second-order valence-electron chi connectivity index (χ2n) is 5.22. The highest BCUT2D eigenvalue weighted by Gasteiger charge is 2.38. The lowest BCUT2D eigenvalue weighted by molar-refractivity contribution is 0.0421. The number of morpholine rings is 1. The average Bonchev–Trinajstić information content (AvgIpc) is 2.96. The van der Waals surface area contributed by atoms with Crippen LogP contribution in [0.1, 0.15) is 24.4 Å². The molecular formula is C13H17N3O4. The summed E-state index contributed by atoms with van der Waals surface area (Å²) in [6.07, 6.45) is 1.50. The van der Waals surface area contributed by atoms with E-state index < -0.39 is 10.9 Å². The molecule has 0 bridgehead atoms. The van der Waals surface area contributed by atoms with Gasteiger partial charge < -0.3 is 20.3 Å². The molecule has 3 rings (SSSR count). The van der Waals surface area contributed by atoms with Crippen LogP contribution in [0.3, 0.4) is 0 Å². The van der Waals surface area contributed by atoms with Crippen molar-refractivity contribution in [2.45, 2.75) is 18.9 Å². The molecule has 1 atom stereocenters. The molecule has 7 nitrogen and oxygen atoms in total. The van der Waals surface area contributed by atoms with Crippen molar-refractivity contribution in [2.75, 3.05) is 38.6 Å². The van der Waals surface area contributed by atoms with Gasteiger partial charge in [0.2, 0.25) is 10.9 Å². The first-order valence-corrected chi connectivity index (χ1v) is 6.83. The van der Waals surface area contributed by atoms with E-state index in [0.717, 1.165) is 6.42 Å². The fourth-order valence-corrected chi connectivity index (χ4v) is 2.99. The summed E-state index contributed by atoms with van der Waals surface area (Å²) in [6.45, 7) is 2.78. The third-order valence-electron chi connectivity index (χ3n) is 4.10. The molecule has 0 spiro atoms. The molecule has 1 aromatic carbocycles. The molecule has 0 radical (unpaired) electrons. The summed E-state index contributed by atoms with van der Waals surface area (Å²) in [5, 5.41) is 0. The van der Waals surface area contributed by atoms with Crippen molar-refractivity contribution in [3.63, 3.8) is 0 Å². The zero-order valence-electron chi connectivity index (χ0n) is 11.1. The summed E-state index contributed by atoms with van der Waals surface area (Å²) in [5.74, 6) is 0. The number of hydrogen-bond donors (Lipinski definition) is 1. The quantitative estimate of drug-likeness (QED) is 0.696. The fourth-order valence-electron chi connectivity index (χ4n) is 2.99. The molecule has 2 fully saturated rings. The number of carbonyl (C=O) groups excluding carboxylic acids is 1. The molecule has 0 saturated carbocycles. The summed E-state index contributed by atoms with van der Waals surface area (Å²) in [6, 6.07) is -0.432. The van der Waals surface area contributed by atoms with Crippen LogP contribution in [-0.2, 0) is 4.74 Å². The standard InChI is InChI=1S/C13H17N3O4/c14-10-9(11(17)12(10)18)8-2-1-3-16(8)13(19)15-4-6-20-7-5-15/h8H,1-7,14H2. The number of nitrogen functional groups attached to an aromatic ring is 1. The van der Waals surface area contributed by atoms with Gasteiger partial charge in [0.25, 0.3) is 0 Å². The zero-order valence-corrected chi connectivity index (χ0v) is 11.1. The van der Waals surface area contributed by atoms with Crippen LogP contribution in [0.5, 0.6) is 0 Å². The molecule has 7 heteroatoms. The van der Waals surface area contributed by atoms with Gasteiger partial charge >= 0.3 is 6.03 Å². The van der Waals surface area contributed by atoms with Gasteiger partial charge in [-0.15, -0.1) is 0 Å². The Labute approximate surface area is 115 Å². The van der Waals surface area contributed by atoms with Crippen LogP contribution in [0.25, 0.3) is 0 Å². The molecular weight excluding hydrogens is 262 g/mol. The molecule has 1 unspecified atom stereocenters. The number of nitrogens with two attached hydrogens (primary N) is 1. The van der Waals surface area contributed by atoms with Crippen molar-refractivity contribution in [2.24, 2.45) is 0 Å². The summed E-state index contributed by atoms with van der Waals surface area (Å²) < 4.78 is 5.23. The van der Waals surface area contributed by atoms with Crippen LogP contribution >= 0.6 is 0 Å². The van der Waals surface area contributed by atoms with Gasteiger partial charge in [-0.1, -0.05) is 0 Å². The van der Waals surface area contributed by atoms with E-state index in [1.165, 1.54) is 0 Å². The number of anilines is 1. The maximum atomic E-state index is 12.5. The van der Waals surface area contributed by atoms with E-state index in [2.05, 4.69) is 0 Å². The number of carbonyl (C=O) groups is 1. The van der Waals surface area contributed by atoms with Crippen LogP contribution in [-0.4, -0.2) is 48.7 Å². The number of nitrogens with zero attached hydrogens (tertiary/aromatic N) is 2. The van der Waals surface area contributed by atoms with Crippen LogP contribution in [0.15, 0.2) is 9.59 Å². The summed E-state index contributed by atoms with van der Waals surface area (Å²) in [7, 11) is 0. The molecule has 2 N–H and O–H groups in total. The fraction of sp³-hybridized carbons (Fsp3) is 0.615. The van der Waals surface area contributed by atoms with E-state index in [0.29, 0.717) is 44.8 Å². The monoisotopic (exact) mass is 279 g/mol. The number of amides is 2. The Hall–Kier alpha value is -1.89. The molecule has 20 heavy (non-hydrogen) atoms. The first kappa shape index (κ1) is 13.1. The summed E-state index contributed by atoms with van der Waals surface area (Å²) >= 11 is 0. The Morgan fingerprint density at radius 1 is 1.15 bits per heavy atom. The molecule has 2 heterocycles. The Morgan fingerprint density at radius 3 is 2.50 bits per heavy atom. The van der Waals surface area contributed by atoms with Gasteiger partial charge in [0.05, 0.1) is 30.5 Å². The van der Waals surface area contributed by atoms with Crippen molar-refractivity contribution >= 4 is 11.7 Å². The second kappa shape index (κ2) is 4.90. The first-order chi connectivity index (χ1) is 9.61. The Balaban J connectivity index is 1.81. The smallest absolute Gasteiger partial charge is 0.320 e. The van der Waals surface area contributed by atoms with Crippen LogP contribution in [0, 0.1) is 0 Å². The van der Waals surface area contributed by atoms with Gasteiger partial charge in [0.15, 0.2) is 0 Å². The minimum Gasteiger partial charge on any atom is -0.395 e. The summed E-state index contributed by atoms with van der Waals surface area (Å²) in [4.78, 5) is 38.8. The highest BCUT2D eigenvalue weighted by Crippen LogP contribution is 2.33. The second-order valence-corrected chi connectivity index (χ2v) is 5.22. The van der Waals surface area contributed by atoms with Gasteiger partial charge in [0.1, 0.15) is 0 Å². The van der Waals surface area contributed by atoms with Crippen LogP contribution in [0.2, 0.25) is 0 Å². The van der Waals surface area contributed by atoms with Crippen LogP contribution in [0.4, 0.5) is 10.5 Å². The van der Waals surface area contributed by atoms with Crippen LogP contribution < -0.4 is 16.6 Å². The van der Waals surface area contributed by atoms with E-state index in [1.54, 1.807) is 9.80 Å². The Bertz CT molecular complexity index is 599. The van der Waals surface area contributed by atoms with Gasteiger partial charge in [0, 0.05) is 19.6 Å². The largest absolute Gasteiger partial charge is 0.395 e. The molecule has 2 saturated heterocycles. The molecule has 2 aliphatic heterocycles. The van der Waals surface area contributed by atoms with Crippen molar-refractivity contribution in [3.05, 3.63) is 26.0 Å². The highest BCUT2D eigenvalue weighted by molar-refractivity contribution is 5.76. The van der Waals surface area contributed by atoms with E-state index in [4.69, 9.17) is 10.5 Å². The molecule has 0 aliphatic carbocycles. The lowest BCUT2D eigenvalue weighted by atomic mass is 9.98. The van der Waals surface area contributed by atoms with Gasteiger partial charge in [-0.05, 0) is 12.8 Å². The van der Waals surface area contributed by atoms with E-state index in [9.17, 15) is 14.4 Å². The minimum absolute atomic E-state index is 0.0293. The van der Waals surface area contributed by atoms with E-state index in [-0.39, 0.29) is 17.8 Å². The lowest BCUT2D eigenvalue weighted by Gasteiger charge is -2.34. The predicted octanol–water partition coefficient (Wildman–Crippen LogP) is -0.546. The first-order valence-electron chi connectivity index (χ1n) is 6.83. The number of rotatable bonds is 1. The van der Waals surface area contributed by atoms with Gasteiger partial charge in [-0.25, -0.2) is 4.79 Å². The topological polar surface area (TPSA) is 92.9 Å². The number of ether oxygens (including phenoxy) is 1. The minimum atomic E-state index is -0.620. The normalized spacial score (nSPS) is 23.5. The SMILES string of the molecule is Nc1c(C2CCCN2C(=O)N2CCOCC2)c(=O)c1=O. The number of urea groups is 1. The molecule has 1 aromatic rings. The maximum Gasteiger partial charge on any atom is 0.320 e. The van der Waals surface area contributed by atoms with E-state index >= 15 is 0 Å². The van der Waals surface area contributed by atoms with Crippen molar-refractivity contribution in [1.29, 1.82) is 0 Å². The predicted molar refractivity (Wildman–Crippen MR) is 72.2 cm³/mol. The molecule has 2 aliphatic rings. The van der Waals surface area contributed by atoms with Crippen molar-refractivity contribution < 1.29 is 9.53 Å². The van der Waals surface area contributed by atoms with Gasteiger partial charge in [-0.2, -0.15) is 0 Å². The average molecular weight is 279 g/mol. The Morgan fingerprint density at radius 2 is 1.85 bits per heavy atom. The molecule has 108 valence electrons. The number of hydrogen-bond acceptors (Lipinski definition) is 5. The Kier molecular flexibility index (Phi) is 3.21. The highest BCUT2D eigenvalue weighted by atomic mass is 16.5. The van der Waals surface area contributed by atoms with E-state index in [1.807, 2.05) is 0 Å². The third-order valence-corrected chi connectivity index (χ3v) is 4.10. The molecule has 0 aromatic heterocycles. The van der Waals surface area contributed by atoms with Crippen molar-refractivity contribution in [1.82, 2.24) is 9.80 Å². The maximum absolute atomic E-state index is 12.5. The lowest BCUT2D eigenvalue weighted by Crippen LogP contribution is -2.50. The third kappa shape index (κ3) is 1.89. The van der Waals surface area contributed by atoms with Crippen molar-refractivity contribution in [3.8, 4) is 0 Å². The zero-order chi connectivity index (χ0) is 14.3. The number of likely N-dealkylation sites (tertiary alicyclic amines) is 1.